The fourth-order valence-corrected chi connectivity index (χ4v) is 6.43. The fraction of sp³-hybridized carbons (Fsp3) is 0.242. The van der Waals surface area contributed by atoms with Crippen LogP contribution in [0.2, 0.25) is 0 Å². The highest BCUT2D eigenvalue weighted by Crippen LogP contribution is 2.38. The van der Waals surface area contributed by atoms with Crippen LogP contribution in [0.4, 0.5) is 4.39 Å². The maximum Gasteiger partial charge on any atom is 0.337 e. The summed E-state index contributed by atoms with van der Waals surface area (Å²) in [5, 5.41) is 0. The van der Waals surface area contributed by atoms with Crippen molar-refractivity contribution in [2.75, 3.05) is 27.4 Å². The average molecular weight is 698 g/mol. The number of hydrogen-bond donors (Lipinski definition) is 0. The Hall–Kier alpha value is -4.42. The van der Waals surface area contributed by atoms with E-state index in [-0.39, 0.29) is 23.6 Å². The van der Waals surface area contributed by atoms with Gasteiger partial charge in [-0.05, 0) is 88.9 Å². The predicted molar refractivity (Wildman–Crippen MR) is 171 cm³/mol. The second-order valence-corrected chi connectivity index (χ2v) is 11.6. The van der Waals surface area contributed by atoms with Crippen molar-refractivity contribution in [3.63, 3.8) is 0 Å². The molecule has 1 aliphatic heterocycles. The third kappa shape index (κ3) is 6.81. The molecule has 45 heavy (non-hydrogen) atoms. The Morgan fingerprint density at radius 2 is 1.80 bits per heavy atom. The molecule has 0 amide bonds. The van der Waals surface area contributed by atoms with Crippen molar-refractivity contribution in [2.45, 2.75) is 26.5 Å². The van der Waals surface area contributed by atoms with Crippen LogP contribution in [0.1, 0.15) is 36.6 Å². The van der Waals surface area contributed by atoms with Gasteiger partial charge in [0, 0.05) is 6.20 Å². The molecule has 0 unspecified atom stereocenters. The van der Waals surface area contributed by atoms with E-state index >= 15 is 0 Å². The molecular formula is C33H30BrFN2O7S. The SMILES string of the molecule is CCOc1ccc([C@@H]2C(C(=O)OC)=CN=c3s/c(=C\c4cc(Br)c(OCc5cccc(F)c5)c(OC)c4)c(=O)n32)cc1OCC. The summed E-state index contributed by atoms with van der Waals surface area (Å²) in [6.45, 7) is 4.72. The molecule has 0 aliphatic carbocycles. The van der Waals surface area contributed by atoms with Gasteiger partial charge in [0.2, 0.25) is 0 Å². The van der Waals surface area contributed by atoms with Crippen molar-refractivity contribution in [2.24, 2.45) is 4.99 Å². The number of rotatable bonds is 11. The number of esters is 1. The first kappa shape index (κ1) is 32.0. The first-order valence-electron chi connectivity index (χ1n) is 14.0. The highest BCUT2D eigenvalue weighted by molar-refractivity contribution is 9.10. The minimum atomic E-state index is -0.814. The molecule has 9 nitrogen and oxygen atoms in total. The number of thiazole rings is 1. The molecule has 4 aromatic rings. The molecule has 3 aromatic carbocycles. The molecule has 12 heteroatoms. The summed E-state index contributed by atoms with van der Waals surface area (Å²) in [7, 11) is 2.79. The number of benzene rings is 3. The number of fused-ring (bicyclic) bond motifs is 1. The van der Waals surface area contributed by atoms with Gasteiger partial charge in [-0.1, -0.05) is 29.5 Å². The number of ether oxygens (including phenoxy) is 5. The van der Waals surface area contributed by atoms with Gasteiger partial charge in [0.1, 0.15) is 12.4 Å². The Kier molecular flexibility index (Phi) is 10.0. The minimum absolute atomic E-state index is 0.129. The van der Waals surface area contributed by atoms with Gasteiger partial charge in [-0.2, -0.15) is 0 Å². The normalized spacial score (nSPS) is 14.2. The van der Waals surface area contributed by atoms with Crippen LogP contribution in [0.5, 0.6) is 23.0 Å². The lowest BCUT2D eigenvalue weighted by molar-refractivity contribution is -0.136. The van der Waals surface area contributed by atoms with Gasteiger partial charge in [-0.15, -0.1) is 0 Å². The number of hydrogen-bond acceptors (Lipinski definition) is 9. The Labute approximate surface area is 270 Å². The lowest BCUT2D eigenvalue weighted by Crippen LogP contribution is -2.39. The highest BCUT2D eigenvalue weighted by atomic mass is 79.9. The quantitative estimate of drug-likeness (QED) is 0.196. The molecule has 234 valence electrons. The number of methoxy groups -OCH3 is 2. The van der Waals surface area contributed by atoms with Crippen LogP contribution in [0, 0.1) is 5.82 Å². The van der Waals surface area contributed by atoms with Crippen molar-refractivity contribution >= 4 is 39.3 Å². The van der Waals surface area contributed by atoms with Gasteiger partial charge < -0.3 is 23.7 Å². The molecule has 0 spiro atoms. The fourth-order valence-electron chi connectivity index (χ4n) is 4.88. The number of halogens is 2. The summed E-state index contributed by atoms with van der Waals surface area (Å²) in [6, 6.07) is 14.2. The summed E-state index contributed by atoms with van der Waals surface area (Å²) in [5.41, 5.74) is 1.81. The van der Waals surface area contributed by atoms with E-state index in [1.54, 1.807) is 48.5 Å². The lowest BCUT2D eigenvalue weighted by atomic mass is 9.97. The molecule has 0 bridgehead atoms. The van der Waals surface area contributed by atoms with Crippen molar-refractivity contribution in [1.29, 1.82) is 0 Å². The summed E-state index contributed by atoms with van der Waals surface area (Å²) < 4.78 is 44.2. The largest absolute Gasteiger partial charge is 0.493 e. The van der Waals surface area contributed by atoms with Crippen molar-refractivity contribution < 1.29 is 32.9 Å². The monoisotopic (exact) mass is 696 g/mol. The zero-order valence-electron chi connectivity index (χ0n) is 25.0. The van der Waals surface area contributed by atoms with Gasteiger partial charge in [0.05, 0.1) is 48.1 Å². The smallest absolute Gasteiger partial charge is 0.337 e. The molecule has 1 aromatic heterocycles. The molecule has 1 atom stereocenters. The topological polar surface area (TPSA) is 97.6 Å². The summed E-state index contributed by atoms with van der Waals surface area (Å²) in [4.78, 5) is 31.7. The molecule has 2 heterocycles. The molecule has 1 aliphatic rings. The Morgan fingerprint density at radius 3 is 2.51 bits per heavy atom. The standard InChI is InChI=1S/C33H30BrFN2O7S/c1-5-42-25-11-10-21(16-26(25)43-6-2)29-23(32(39)41-4)17-36-33-37(29)31(38)28(45-33)15-20-13-24(34)30(27(14-20)40-3)44-18-19-8-7-9-22(35)12-19/h7-17,29H,5-6,18H2,1-4H3/b28-15-/t29-/m1/s1. The lowest BCUT2D eigenvalue weighted by Gasteiger charge is -2.23. The predicted octanol–water partition coefficient (Wildman–Crippen LogP) is 5.30. The zero-order chi connectivity index (χ0) is 32.1. The zero-order valence-corrected chi connectivity index (χ0v) is 27.4. The third-order valence-corrected chi connectivity index (χ3v) is 8.42. The van der Waals surface area contributed by atoms with Gasteiger partial charge in [-0.3, -0.25) is 9.36 Å². The van der Waals surface area contributed by atoms with E-state index in [0.29, 0.717) is 66.7 Å². The molecule has 0 saturated heterocycles. The molecule has 0 radical (unpaired) electrons. The van der Waals surface area contributed by atoms with E-state index in [0.717, 1.165) is 0 Å². The van der Waals surface area contributed by atoms with Crippen molar-refractivity contribution in [3.8, 4) is 23.0 Å². The first-order valence-corrected chi connectivity index (χ1v) is 15.6. The summed E-state index contributed by atoms with van der Waals surface area (Å²) in [5.74, 6) is 0.954. The Morgan fingerprint density at radius 1 is 1.02 bits per heavy atom. The van der Waals surface area contributed by atoms with E-state index in [2.05, 4.69) is 20.9 Å². The van der Waals surface area contributed by atoms with Crippen molar-refractivity contribution in [1.82, 2.24) is 4.57 Å². The Balaban J connectivity index is 1.56. The molecule has 0 N–H and O–H groups in total. The van der Waals surface area contributed by atoms with E-state index in [1.165, 1.54) is 48.5 Å². The van der Waals surface area contributed by atoms with Crippen LogP contribution in [-0.2, 0) is 16.1 Å². The summed E-state index contributed by atoms with van der Waals surface area (Å²) in [6.07, 6.45) is 3.16. The van der Waals surface area contributed by atoms with Crippen LogP contribution < -0.4 is 33.8 Å². The van der Waals surface area contributed by atoms with Gasteiger partial charge >= 0.3 is 5.97 Å². The molecule has 0 fully saturated rings. The van der Waals surface area contributed by atoms with Crippen LogP contribution >= 0.6 is 27.3 Å². The molecule has 5 rings (SSSR count). The maximum absolute atomic E-state index is 14.0. The minimum Gasteiger partial charge on any atom is -0.493 e. The third-order valence-electron chi connectivity index (χ3n) is 6.83. The number of carbonyl (C=O) groups excluding carboxylic acids is 1. The number of aromatic nitrogens is 1. The second-order valence-electron chi connectivity index (χ2n) is 9.70. The van der Waals surface area contributed by atoms with E-state index in [4.69, 9.17) is 23.7 Å². The van der Waals surface area contributed by atoms with Gasteiger partial charge in [-0.25, -0.2) is 14.2 Å². The number of nitrogens with zero attached hydrogens (tertiary/aromatic N) is 2. The van der Waals surface area contributed by atoms with E-state index < -0.39 is 12.0 Å². The van der Waals surface area contributed by atoms with Gasteiger partial charge in [0.25, 0.3) is 5.56 Å². The van der Waals surface area contributed by atoms with Crippen molar-refractivity contribution in [3.05, 3.63) is 113 Å². The molecule has 0 saturated carbocycles. The molecular weight excluding hydrogens is 667 g/mol. The van der Waals surface area contributed by atoms with Crippen LogP contribution in [0.15, 0.2) is 80.6 Å². The number of carbonyl (C=O) groups is 1. The second kappa shape index (κ2) is 14.1. The summed E-state index contributed by atoms with van der Waals surface area (Å²) >= 11 is 4.73. The van der Waals surface area contributed by atoms with Crippen LogP contribution in [0.25, 0.3) is 6.08 Å². The van der Waals surface area contributed by atoms with E-state index in [1.807, 2.05) is 13.8 Å². The van der Waals surface area contributed by atoms with Crippen LogP contribution in [-0.4, -0.2) is 38.0 Å². The first-order chi connectivity index (χ1) is 21.8. The highest BCUT2D eigenvalue weighted by Gasteiger charge is 2.31. The average Bonchev–Trinajstić information content (AvgIpc) is 3.35. The Bertz CT molecular complexity index is 1950. The van der Waals surface area contributed by atoms with Gasteiger partial charge in [0.15, 0.2) is 27.8 Å². The van der Waals surface area contributed by atoms with Crippen LogP contribution in [0.3, 0.4) is 0 Å². The van der Waals surface area contributed by atoms with E-state index in [9.17, 15) is 14.0 Å². The maximum atomic E-state index is 14.0.